The van der Waals surface area contributed by atoms with Crippen molar-refractivity contribution in [2.75, 3.05) is 6.54 Å². The molecule has 16 heavy (non-hydrogen) atoms. The molecule has 1 heterocycles. The fourth-order valence-electron chi connectivity index (χ4n) is 1.72. The first kappa shape index (κ1) is 11.6. The van der Waals surface area contributed by atoms with Gasteiger partial charge in [-0.1, -0.05) is 15.9 Å². The summed E-state index contributed by atoms with van der Waals surface area (Å²) >= 11 is 3.53. The van der Waals surface area contributed by atoms with E-state index in [0.717, 1.165) is 45.4 Å². The van der Waals surface area contributed by atoms with Gasteiger partial charge in [0.1, 0.15) is 5.52 Å². The standard InChI is InChI=1S/C12H15BrN2O/c1-7-6-9(13)8(2)11-12(7)16-10(15-11)4-3-5-14/h6H,3-5,14H2,1-2H3. The zero-order valence-electron chi connectivity index (χ0n) is 9.51. The molecule has 0 fully saturated rings. The Morgan fingerprint density at radius 3 is 2.88 bits per heavy atom. The molecule has 0 saturated heterocycles. The first-order valence-electron chi connectivity index (χ1n) is 5.38. The summed E-state index contributed by atoms with van der Waals surface area (Å²) in [4.78, 5) is 4.52. The predicted molar refractivity (Wildman–Crippen MR) is 68.6 cm³/mol. The zero-order valence-corrected chi connectivity index (χ0v) is 11.1. The normalized spacial score (nSPS) is 11.2. The number of hydrogen-bond acceptors (Lipinski definition) is 3. The van der Waals surface area contributed by atoms with Crippen molar-refractivity contribution in [2.45, 2.75) is 26.7 Å². The van der Waals surface area contributed by atoms with E-state index in [9.17, 15) is 0 Å². The molecule has 2 rings (SSSR count). The molecule has 0 saturated carbocycles. The van der Waals surface area contributed by atoms with Gasteiger partial charge in [-0.25, -0.2) is 4.98 Å². The number of halogens is 1. The van der Waals surface area contributed by atoms with Gasteiger partial charge in [0.2, 0.25) is 0 Å². The van der Waals surface area contributed by atoms with Gasteiger partial charge in [-0.2, -0.15) is 0 Å². The second-order valence-electron chi connectivity index (χ2n) is 3.98. The minimum absolute atomic E-state index is 0.667. The summed E-state index contributed by atoms with van der Waals surface area (Å²) in [5.41, 5.74) is 9.57. The van der Waals surface area contributed by atoms with Crippen LogP contribution < -0.4 is 5.73 Å². The van der Waals surface area contributed by atoms with E-state index in [2.05, 4.69) is 27.0 Å². The van der Waals surface area contributed by atoms with Crippen molar-refractivity contribution in [1.29, 1.82) is 0 Å². The molecule has 0 atom stereocenters. The molecule has 0 aliphatic rings. The number of nitrogens with zero attached hydrogens (tertiary/aromatic N) is 1. The lowest BCUT2D eigenvalue weighted by Crippen LogP contribution is -2.00. The monoisotopic (exact) mass is 282 g/mol. The highest BCUT2D eigenvalue weighted by molar-refractivity contribution is 9.10. The number of fused-ring (bicyclic) bond motifs is 1. The SMILES string of the molecule is Cc1c(Br)cc(C)c2oc(CCCN)nc12. The molecule has 1 aromatic carbocycles. The van der Waals surface area contributed by atoms with E-state index >= 15 is 0 Å². The van der Waals surface area contributed by atoms with Gasteiger partial charge in [0.15, 0.2) is 11.5 Å². The van der Waals surface area contributed by atoms with Crippen LogP contribution in [0.1, 0.15) is 23.4 Å². The Morgan fingerprint density at radius 2 is 2.19 bits per heavy atom. The van der Waals surface area contributed by atoms with Gasteiger partial charge in [-0.3, -0.25) is 0 Å². The van der Waals surface area contributed by atoms with Crippen LogP contribution in [0, 0.1) is 13.8 Å². The zero-order chi connectivity index (χ0) is 11.7. The van der Waals surface area contributed by atoms with Crippen molar-refractivity contribution in [3.63, 3.8) is 0 Å². The van der Waals surface area contributed by atoms with Crippen molar-refractivity contribution >= 4 is 27.0 Å². The molecule has 0 spiro atoms. The summed E-state index contributed by atoms with van der Waals surface area (Å²) in [7, 11) is 0. The topological polar surface area (TPSA) is 52.0 Å². The molecule has 86 valence electrons. The quantitative estimate of drug-likeness (QED) is 0.941. The van der Waals surface area contributed by atoms with Crippen molar-refractivity contribution in [2.24, 2.45) is 5.73 Å². The summed E-state index contributed by atoms with van der Waals surface area (Å²) in [6, 6.07) is 2.07. The minimum Gasteiger partial charge on any atom is -0.440 e. The van der Waals surface area contributed by atoms with Gasteiger partial charge in [0, 0.05) is 10.9 Å². The fourth-order valence-corrected chi connectivity index (χ4v) is 2.25. The Morgan fingerprint density at radius 1 is 1.44 bits per heavy atom. The maximum Gasteiger partial charge on any atom is 0.195 e. The molecule has 0 radical (unpaired) electrons. The van der Waals surface area contributed by atoms with Crippen LogP contribution in [0.5, 0.6) is 0 Å². The Labute approximate surface area is 103 Å². The summed E-state index contributed by atoms with van der Waals surface area (Å²) in [6.07, 6.45) is 1.72. The number of rotatable bonds is 3. The van der Waals surface area contributed by atoms with Crippen molar-refractivity contribution in [3.8, 4) is 0 Å². The Bertz CT molecular complexity index is 519. The van der Waals surface area contributed by atoms with Crippen LogP contribution in [0.3, 0.4) is 0 Å². The van der Waals surface area contributed by atoms with Gasteiger partial charge in [0.25, 0.3) is 0 Å². The van der Waals surface area contributed by atoms with Crippen molar-refractivity contribution in [3.05, 3.63) is 27.6 Å². The van der Waals surface area contributed by atoms with E-state index in [1.54, 1.807) is 0 Å². The highest BCUT2D eigenvalue weighted by Crippen LogP contribution is 2.29. The largest absolute Gasteiger partial charge is 0.440 e. The first-order valence-corrected chi connectivity index (χ1v) is 6.18. The molecule has 1 aromatic heterocycles. The second kappa shape index (κ2) is 4.55. The summed E-state index contributed by atoms with van der Waals surface area (Å²) < 4.78 is 6.83. The van der Waals surface area contributed by atoms with Crippen LogP contribution in [-0.2, 0) is 6.42 Å². The molecule has 2 N–H and O–H groups in total. The van der Waals surface area contributed by atoms with Gasteiger partial charge in [0.05, 0.1) is 0 Å². The number of nitrogens with two attached hydrogens (primary N) is 1. The molecule has 0 amide bonds. The van der Waals surface area contributed by atoms with E-state index in [1.807, 2.05) is 13.8 Å². The van der Waals surface area contributed by atoms with Gasteiger partial charge >= 0.3 is 0 Å². The lowest BCUT2D eigenvalue weighted by molar-refractivity contribution is 0.520. The fraction of sp³-hybridized carbons (Fsp3) is 0.417. The van der Waals surface area contributed by atoms with Gasteiger partial charge < -0.3 is 10.2 Å². The average molecular weight is 283 g/mol. The number of aryl methyl sites for hydroxylation is 3. The predicted octanol–water partition coefficient (Wildman–Crippen LogP) is 3.10. The summed E-state index contributed by atoms with van der Waals surface area (Å²) in [5.74, 6) is 0.782. The van der Waals surface area contributed by atoms with Crippen LogP contribution >= 0.6 is 15.9 Å². The van der Waals surface area contributed by atoms with Crippen LogP contribution in [0.4, 0.5) is 0 Å². The van der Waals surface area contributed by atoms with E-state index in [-0.39, 0.29) is 0 Å². The number of oxazole rings is 1. The number of hydrogen-bond donors (Lipinski definition) is 1. The smallest absolute Gasteiger partial charge is 0.195 e. The molecular formula is C12H15BrN2O. The Kier molecular flexibility index (Phi) is 3.30. The average Bonchev–Trinajstić information content (AvgIpc) is 2.68. The maximum atomic E-state index is 5.75. The number of benzene rings is 1. The van der Waals surface area contributed by atoms with E-state index in [1.165, 1.54) is 0 Å². The molecular weight excluding hydrogens is 268 g/mol. The lowest BCUT2D eigenvalue weighted by atomic mass is 10.1. The van der Waals surface area contributed by atoms with Crippen molar-refractivity contribution in [1.82, 2.24) is 4.98 Å². The van der Waals surface area contributed by atoms with Crippen LogP contribution in [0.2, 0.25) is 0 Å². The summed E-state index contributed by atoms with van der Waals surface area (Å²) in [6.45, 7) is 4.74. The third kappa shape index (κ3) is 1.99. The maximum absolute atomic E-state index is 5.75. The highest BCUT2D eigenvalue weighted by Gasteiger charge is 2.12. The molecule has 4 heteroatoms. The Balaban J connectivity index is 2.52. The van der Waals surface area contributed by atoms with E-state index in [0.29, 0.717) is 6.54 Å². The third-order valence-corrected chi connectivity index (χ3v) is 3.50. The number of aromatic nitrogens is 1. The van der Waals surface area contributed by atoms with Gasteiger partial charge in [-0.05, 0) is 44.0 Å². The molecule has 0 unspecified atom stereocenters. The molecule has 0 aliphatic heterocycles. The van der Waals surface area contributed by atoms with Crippen LogP contribution in [0.25, 0.3) is 11.1 Å². The lowest BCUT2D eigenvalue weighted by Gasteiger charge is -2.00. The minimum atomic E-state index is 0.667. The van der Waals surface area contributed by atoms with Crippen LogP contribution in [0.15, 0.2) is 15.0 Å². The second-order valence-corrected chi connectivity index (χ2v) is 4.83. The van der Waals surface area contributed by atoms with E-state index in [4.69, 9.17) is 10.2 Å². The van der Waals surface area contributed by atoms with Crippen molar-refractivity contribution < 1.29 is 4.42 Å². The van der Waals surface area contributed by atoms with E-state index < -0.39 is 0 Å². The summed E-state index contributed by atoms with van der Waals surface area (Å²) in [5, 5.41) is 0. The molecule has 3 nitrogen and oxygen atoms in total. The molecule has 0 bridgehead atoms. The van der Waals surface area contributed by atoms with Crippen LogP contribution in [-0.4, -0.2) is 11.5 Å². The Hall–Kier alpha value is -0.870. The first-order chi connectivity index (χ1) is 7.63. The van der Waals surface area contributed by atoms with Gasteiger partial charge in [-0.15, -0.1) is 0 Å². The molecule has 0 aliphatic carbocycles. The highest BCUT2D eigenvalue weighted by atomic mass is 79.9. The molecule has 2 aromatic rings. The third-order valence-electron chi connectivity index (χ3n) is 2.68.